The molecule has 8 aromatic carbocycles. The lowest BCUT2D eigenvalue weighted by Crippen LogP contribution is -2.15. The van der Waals surface area contributed by atoms with Crippen LogP contribution in [-0.2, 0) is 10.8 Å². The molecule has 0 saturated carbocycles. The van der Waals surface area contributed by atoms with Crippen LogP contribution in [0.15, 0.2) is 188 Å². The van der Waals surface area contributed by atoms with Gasteiger partial charge < -0.3 is 4.57 Å². The molecule has 10 aromatic rings. The summed E-state index contributed by atoms with van der Waals surface area (Å²) in [6.07, 6.45) is 0. The Balaban J connectivity index is 1.01. The van der Waals surface area contributed by atoms with Crippen molar-refractivity contribution < 1.29 is 0 Å². The predicted octanol–water partition coefficient (Wildman–Crippen LogP) is 14.9. The fourth-order valence-corrected chi connectivity index (χ4v) is 10.4. The van der Waals surface area contributed by atoms with E-state index in [2.05, 4.69) is 220 Å². The van der Waals surface area contributed by atoms with E-state index in [0.717, 1.165) is 45.2 Å². The van der Waals surface area contributed by atoms with E-state index in [1.54, 1.807) is 0 Å². The van der Waals surface area contributed by atoms with Crippen LogP contribution in [0, 0.1) is 0 Å². The summed E-state index contributed by atoms with van der Waals surface area (Å²) in [7, 11) is 0. The molecule has 61 heavy (non-hydrogen) atoms. The Bertz CT molecular complexity index is 3300. The summed E-state index contributed by atoms with van der Waals surface area (Å²) in [6, 6.07) is 68.6. The molecule has 2 aliphatic carbocycles. The second-order valence-electron chi connectivity index (χ2n) is 17.8. The number of rotatable bonds is 5. The van der Waals surface area contributed by atoms with Crippen LogP contribution in [0.25, 0.3) is 94.8 Å². The zero-order valence-corrected chi connectivity index (χ0v) is 34.7. The maximum atomic E-state index is 5.40. The van der Waals surface area contributed by atoms with Crippen molar-refractivity contribution in [1.82, 2.24) is 14.5 Å². The second kappa shape index (κ2) is 13.1. The molecule has 0 radical (unpaired) electrons. The molecule has 2 heterocycles. The van der Waals surface area contributed by atoms with Gasteiger partial charge in [0.25, 0.3) is 0 Å². The van der Waals surface area contributed by atoms with Gasteiger partial charge >= 0.3 is 0 Å². The Hall–Kier alpha value is -7.36. The highest BCUT2D eigenvalue weighted by atomic mass is 15.0. The molecule has 0 saturated heterocycles. The van der Waals surface area contributed by atoms with E-state index in [4.69, 9.17) is 9.97 Å². The van der Waals surface area contributed by atoms with Crippen molar-refractivity contribution in [1.29, 1.82) is 0 Å². The van der Waals surface area contributed by atoms with Crippen molar-refractivity contribution in [3.05, 3.63) is 210 Å². The van der Waals surface area contributed by atoms with Crippen molar-refractivity contribution in [3.63, 3.8) is 0 Å². The van der Waals surface area contributed by atoms with E-state index in [0.29, 0.717) is 0 Å². The highest BCUT2D eigenvalue weighted by Gasteiger charge is 2.37. The number of benzene rings is 8. The summed E-state index contributed by atoms with van der Waals surface area (Å²) >= 11 is 0. The second-order valence-corrected chi connectivity index (χ2v) is 17.8. The average Bonchev–Trinajstić information content (AvgIpc) is 3.85. The maximum Gasteiger partial charge on any atom is 0.160 e. The van der Waals surface area contributed by atoms with Gasteiger partial charge in [-0.25, -0.2) is 9.97 Å². The van der Waals surface area contributed by atoms with E-state index in [-0.39, 0.29) is 10.8 Å². The predicted molar refractivity (Wildman–Crippen MR) is 253 cm³/mol. The third-order valence-corrected chi connectivity index (χ3v) is 13.6. The molecule has 0 aliphatic heterocycles. The lowest BCUT2D eigenvalue weighted by molar-refractivity contribution is 0.660. The number of aromatic nitrogens is 3. The zero-order valence-electron chi connectivity index (χ0n) is 34.7. The Morgan fingerprint density at radius 1 is 0.344 bits per heavy atom. The lowest BCUT2D eigenvalue weighted by atomic mass is 9.82. The molecule has 12 rings (SSSR count). The van der Waals surface area contributed by atoms with Gasteiger partial charge in [0.05, 0.1) is 22.4 Å². The molecule has 0 N–H and O–H groups in total. The number of fused-ring (bicyclic) bond motifs is 9. The maximum absolute atomic E-state index is 5.40. The van der Waals surface area contributed by atoms with Crippen LogP contribution < -0.4 is 0 Å². The average molecular weight is 782 g/mol. The van der Waals surface area contributed by atoms with E-state index in [9.17, 15) is 0 Å². The number of nitrogens with zero attached hydrogens (tertiary/aromatic N) is 3. The van der Waals surface area contributed by atoms with Gasteiger partial charge in [0.2, 0.25) is 0 Å². The van der Waals surface area contributed by atoms with Gasteiger partial charge in [0.1, 0.15) is 0 Å². The molecular weight excluding hydrogens is 739 g/mol. The van der Waals surface area contributed by atoms with E-state index >= 15 is 0 Å². The minimum atomic E-state index is -0.133. The summed E-state index contributed by atoms with van der Waals surface area (Å²) in [5.74, 6) is 0.727. The van der Waals surface area contributed by atoms with Gasteiger partial charge in [-0.1, -0.05) is 161 Å². The van der Waals surface area contributed by atoms with E-state index in [1.165, 1.54) is 71.9 Å². The van der Waals surface area contributed by atoms with Gasteiger partial charge in [0, 0.05) is 44.0 Å². The molecule has 0 amide bonds. The van der Waals surface area contributed by atoms with Crippen LogP contribution in [-0.4, -0.2) is 14.5 Å². The van der Waals surface area contributed by atoms with Crippen LogP contribution in [0.2, 0.25) is 0 Å². The van der Waals surface area contributed by atoms with Crippen molar-refractivity contribution >= 4 is 21.8 Å². The highest BCUT2D eigenvalue weighted by Crippen LogP contribution is 2.51. The molecular formula is C58H43N3. The van der Waals surface area contributed by atoms with Gasteiger partial charge in [0.15, 0.2) is 5.82 Å². The van der Waals surface area contributed by atoms with Crippen LogP contribution in [0.4, 0.5) is 0 Å². The van der Waals surface area contributed by atoms with Gasteiger partial charge in [-0.05, 0) is 110 Å². The summed E-state index contributed by atoms with van der Waals surface area (Å²) in [5, 5.41) is 2.48. The quantitative estimate of drug-likeness (QED) is 0.174. The SMILES string of the molecule is CC1(C)c2ccccc2-c2ccc(-c3cc(-c4cccc(-c5ccc6c(c5)c5ccccc5n6-c5ccccc5)c4)nc(-c4ccc5c(c4)C(C)(C)c4ccccc4-5)n3)cc21. The zero-order chi connectivity index (χ0) is 41.0. The molecule has 0 spiro atoms. The summed E-state index contributed by atoms with van der Waals surface area (Å²) in [6.45, 7) is 9.34. The highest BCUT2D eigenvalue weighted by molar-refractivity contribution is 6.10. The van der Waals surface area contributed by atoms with Crippen molar-refractivity contribution in [2.45, 2.75) is 38.5 Å². The fraction of sp³-hybridized carbons (Fsp3) is 0.103. The molecule has 0 fully saturated rings. The molecule has 0 bridgehead atoms. The first-order valence-corrected chi connectivity index (χ1v) is 21.3. The molecule has 2 aromatic heterocycles. The molecule has 290 valence electrons. The van der Waals surface area contributed by atoms with Crippen LogP contribution in [0.1, 0.15) is 49.9 Å². The minimum absolute atomic E-state index is 0.121. The molecule has 0 unspecified atom stereocenters. The topological polar surface area (TPSA) is 30.7 Å². The molecule has 3 nitrogen and oxygen atoms in total. The van der Waals surface area contributed by atoms with Crippen molar-refractivity contribution in [3.8, 4) is 73.0 Å². The third-order valence-electron chi connectivity index (χ3n) is 13.6. The van der Waals surface area contributed by atoms with Crippen molar-refractivity contribution in [2.75, 3.05) is 0 Å². The first kappa shape index (κ1) is 35.6. The summed E-state index contributed by atoms with van der Waals surface area (Å²) in [4.78, 5) is 10.8. The van der Waals surface area contributed by atoms with Crippen LogP contribution >= 0.6 is 0 Å². The summed E-state index contributed by atoms with van der Waals surface area (Å²) < 4.78 is 2.37. The molecule has 2 aliphatic rings. The fourth-order valence-electron chi connectivity index (χ4n) is 10.4. The van der Waals surface area contributed by atoms with Crippen molar-refractivity contribution in [2.24, 2.45) is 0 Å². The Labute approximate surface area is 356 Å². The lowest BCUT2D eigenvalue weighted by Gasteiger charge is -2.22. The Morgan fingerprint density at radius 2 is 0.852 bits per heavy atom. The largest absolute Gasteiger partial charge is 0.309 e. The standard InChI is InChI=1S/C58H43N3/c1-57(2)48-22-11-8-19-42(48)44-28-25-39(33-50(44)57)53-35-52(59-56(60-53)40-26-29-45-43-20-9-12-23-49(43)58(3,4)51(45)34-40)38-16-14-15-36(31-38)37-27-30-55-47(32-37)46-21-10-13-24-54(46)61(55)41-17-6-5-7-18-41/h5-35H,1-4H3. The number of hydrogen-bond donors (Lipinski definition) is 0. The number of para-hydroxylation sites is 2. The minimum Gasteiger partial charge on any atom is -0.309 e. The number of hydrogen-bond acceptors (Lipinski definition) is 2. The van der Waals surface area contributed by atoms with Crippen LogP contribution in [0.3, 0.4) is 0 Å². The van der Waals surface area contributed by atoms with Gasteiger partial charge in [-0.3, -0.25) is 0 Å². The summed E-state index contributed by atoms with van der Waals surface area (Å²) in [5.41, 5.74) is 21.2. The Morgan fingerprint density at radius 3 is 1.56 bits per heavy atom. The van der Waals surface area contributed by atoms with Crippen LogP contribution in [0.5, 0.6) is 0 Å². The molecule has 0 atom stereocenters. The first-order chi connectivity index (χ1) is 29.7. The first-order valence-electron chi connectivity index (χ1n) is 21.3. The van der Waals surface area contributed by atoms with Gasteiger partial charge in [-0.15, -0.1) is 0 Å². The smallest absolute Gasteiger partial charge is 0.160 e. The monoisotopic (exact) mass is 781 g/mol. The van der Waals surface area contributed by atoms with Gasteiger partial charge in [-0.2, -0.15) is 0 Å². The molecule has 3 heteroatoms. The van der Waals surface area contributed by atoms with E-state index < -0.39 is 0 Å². The third kappa shape index (κ3) is 5.36. The normalized spacial score (nSPS) is 14.2. The Kier molecular flexibility index (Phi) is 7.62. The van der Waals surface area contributed by atoms with E-state index in [1.807, 2.05) is 0 Å².